The second-order valence-electron chi connectivity index (χ2n) is 5.90. The van der Waals surface area contributed by atoms with Crippen molar-refractivity contribution in [1.82, 2.24) is 5.32 Å². The molecule has 0 aliphatic carbocycles. The number of rotatable bonds is 6. The number of Topliss-reactive ketones (excluding diaryl/α,β-unsaturated/α-hetero) is 1. The predicted molar refractivity (Wildman–Crippen MR) is 86.3 cm³/mol. The van der Waals surface area contributed by atoms with Crippen LogP contribution in [0, 0.1) is 0 Å². The minimum atomic E-state index is -0.891. The zero-order chi connectivity index (χ0) is 16.9. The van der Waals surface area contributed by atoms with Crippen molar-refractivity contribution in [2.75, 3.05) is 0 Å². The highest BCUT2D eigenvalue weighted by Crippen LogP contribution is 2.23. The lowest BCUT2D eigenvalue weighted by molar-refractivity contribution is -0.155. The van der Waals surface area contributed by atoms with E-state index in [0.717, 1.165) is 0 Å². The Kier molecular flexibility index (Phi) is 6.56. The Morgan fingerprint density at radius 1 is 1.27 bits per heavy atom. The number of halogens is 1. The molecular weight excluding hydrogens is 326 g/mol. The average Bonchev–Trinajstić information content (AvgIpc) is 2.80. The van der Waals surface area contributed by atoms with Crippen LogP contribution in [0.4, 0.5) is 0 Å². The molecule has 5 nitrogen and oxygen atoms in total. The molecule has 1 atom stereocenters. The summed E-state index contributed by atoms with van der Waals surface area (Å²) >= 11 is 6.93. The monoisotopic (exact) mass is 345 g/mol. The van der Waals surface area contributed by atoms with Gasteiger partial charge in [-0.3, -0.25) is 14.4 Å². The second-order valence-corrected chi connectivity index (χ2v) is 7.61. The van der Waals surface area contributed by atoms with Crippen molar-refractivity contribution in [1.29, 1.82) is 0 Å². The fourth-order valence-corrected chi connectivity index (χ4v) is 2.59. The van der Waals surface area contributed by atoms with Crippen LogP contribution in [-0.4, -0.2) is 29.3 Å². The van der Waals surface area contributed by atoms with Gasteiger partial charge in [0.2, 0.25) is 0 Å². The fraction of sp³-hybridized carbons (Fsp3) is 0.533. The number of thiophene rings is 1. The summed E-state index contributed by atoms with van der Waals surface area (Å²) in [4.78, 5) is 35.8. The maximum atomic E-state index is 11.8. The number of carbonyl (C=O) groups is 3. The summed E-state index contributed by atoms with van der Waals surface area (Å²) in [7, 11) is 0. The van der Waals surface area contributed by atoms with Gasteiger partial charge in [0.15, 0.2) is 11.9 Å². The van der Waals surface area contributed by atoms with E-state index in [1.807, 2.05) is 20.8 Å². The van der Waals surface area contributed by atoms with E-state index < -0.39 is 17.6 Å². The lowest BCUT2D eigenvalue weighted by atomic mass is 10.1. The Morgan fingerprint density at radius 3 is 2.41 bits per heavy atom. The van der Waals surface area contributed by atoms with E-state index in [1.54, 1.807) is 12.1 Å². The number of ketones is 1. The molecule has 1 amide bonds. The van der Waals surface area contributed by atoms with Crippen molar-refractivity contribution < 1.29 is 19.1 Å². The highest BCUT2D eigenvalue weighted by molar-refractivity contribution is 7.18. The summed E-state index contributed by atoms with van der Waals surface area (Å²) in [5.74, 6) is -1.11. The van der Waals surface area contributed by atoms with Crippen molar-refractivity contribution in [3.05, 3.63) is 21.3 Å². The third-order valence-corrected chi connectivity index (χ3v) is 3.85. The topological polar surface area (TPSA) is 72.5 Å². The molecule has 0 saturated carbocycles. The Balaban J connectivity index is 2.40. The molecule has 0 saturated heterocycles. The van der Waals surface area contributed by atoms with Gasteiger partial charge in [-0.15, -0.1) is 11.3 Å². The summed E-state index contributed by atoms with van der Waals surface area (Å²) in [6.45, 7) is 7.01. The Bertz CT molecular complexity index is 562. The normalized spacial score (nSPS) is 12.6. The van der Waals surface area contributed by atoms with Crippen LogP contribution >= 0.6 is 22.9 Å². The highest BCUT2D eigenvalue weighted by Gasteiger charge is 2.22. The van der Waals surface area contributed by atoms with E-state index in [-0.39, 0.29) is 24.5 Å². The smallest absolute Gasteiger partial charge is 0.307 e. The number of ether oxygens (including phenoxy) is 1. The van der Waals surface area contributed by atoms with Gasteiger partial charge in [-0.05, 0) is 39.8 Å². The van der Waals surface area contributed by atoms with Crippen LogP contribution in [0.25, 0.3) is 0 Å². The van der Waals surface area contributed by atoms with Crippen molar-refractivity contribution in [2.45, 2.75) is 52.2 Å². The largest absolute Gasteiger partial charge is 0.453 e. The van der Waals surface area contributed by atoms with Crippen LogP contribution < -0.4 is 5.32 Å². The van der Waals surface area contributed by atoms with Gasteiger partial charge in [0, 0.05) is 12.0 Å². The van der Waals surface area contributed by atoms with Gasteiger partial charge in [-0.1, -0.05) is 11.6 Å². The molecule has 122 valence electrons. The molecule has 0 spiro atoms. The number of nitrogens with one attached hydrogen (secondary N) is 1. The molecule has 1 rings (SSSR count). The first-order valence-electron chi connectivity index (χ1n) is 6.88. The quantitative estimate of drug-likeness (QED) is 0.634. The Hall–Kier alpha value is -1.40. The van der Waals surface area contributed by atoms with Gasteiger partial charge >= 0.3 is 5.97 Å². The van der Waals surface area contributed by atoms with E-state index in [1.165, 1.54) is 18.3 Å². The molecule has 0 radical (unpaired) electrons. The van der Waals surface area contributed by atoms with Gasteiger partial charge in [0.05, 0.1) is 15.6 Å². The summed E-state index contributed by atoms with van der Waals surface area (Å²) in [5.41, 5.74) is -0.397. The third kappa shape index (κ3) is 6.58. The molecule has 0 bridgehead atoms. The van der Waals surface area contributed by atoms with Gasteiger partial charge in [-0.2, -0.15) is 0 Å². The van der Waals surface area contributed by atoms with Crippen molar-refractivity contribution in [2.24, 2.45) is 0 Å². The standard InChI is InChI=1S/C15H20ClNO4S/c1-9(14(20)17-15(2,3)4)21-13(19)8-5-10(18)11-6-7-12(16)22-11/h6-7,9H,5,8H2,1-4H3,(H,17,20)/t9-/m0/s1. The van der Waals surface area contributed by atoms with E-state index in [2.05, 4.69) is 5.32 Å². The number of hydrogen-bond acceptors (Lipinski definition) is 5. The van der Waals surface area contributed by atoms with Crippen LogP contribution in [0.3, 0.4) is 0 Å². The SMILES string of the molecule is C[C@H](OC(=O)CCC(=O)c1ccc(Cl)s1)C(=O)NC(C)(C)C. The van der Waals surface area contributed by atoms with E-state index >= 15 is 0 Å². The molecular formula is C15H20ClNO4S. The Morgan fingerprint density at radius 2 is 1.91 bits per heavy atom. The first kappa shape index (κ1) is 18.6. The average molecular weight is 346 g/mol. The number of amides is 1. The lowest BCUT2D eigenvalue weighted by Gasteiger charge is -2.23. The van der Waals surface area contributed by atoms with Crippen molar-refractivity contribution in [3.63, 3.8) is 0 Å². The first-order chi connectivity index (χ1) is 10.1. The van der Waals surface area contributed by atoms with Gasteiger partial charge < -0.3 is 10.1 Å². The fourth-order valence-electron chi connectivity index (χ4n) is 1.58. The van der Waals surface area contributed by atoms with Crippen molar-refractivity contribution >= 4 is 40.6 Å². The zero-order valence-electron chi connectivity index (χ0n) is 13.1. The molecule has 0 aliphatic heterocycles. The molecule has 1 heterocycles. The molecule has 1 aromatic heterocycles. The van der Waals surface area contributed by atoms with Crippen molar-refractivity contribution in [3.8, 4) is 0 Å². The van der Waals surface area contributed by atoms with E-state index in [0.29, 0.717) is 9.21 Å². The van der Waals surface area contributed by atoms with E-state index in [4.69, 9.17) is 16.3 Å². The van der Waals surface area contributed by atoms with E-state index in [9.17, 15) is 14.4 Å². The third-order valence-electron chi connectivity index (χ3n) is 2.58. The van der Waals surface area contributed by atoms with Crippen LogP contribution in [0.2, 0.25) is 4.34 Å². The molecule has 1 N–H and O–H groups in total. The zero-order valence-corrected chi connectivity index (χ0v) is 14.6. The number of hydrogen-bond donors (Lipinski definition) is 1. The summed E-state index contributed by atoms with van der Waals surface area (Å²) in [5, 5.41) is 2.72. The summed E-state index contributed by atoms with van der Waals surface area (Å²) in [6, 6.07) is 3.26. The molecule has 0 aromatic carbocycles. The first-order valence-corrected chi connectivity index (χ1v) is 8.08. The molecule has 22 heavy (non-hydrogen) atoms. The van der Waals surface area contributed by atoms with Crippen LogP contribution in [0.5, 0.6) is 0 Å². The van der Waals surface area contributed by atoms with Crippen LogP contribution in [0.1, 0.15) is 50.2 Å². The van der Waals surface area contributed by atoms with Gasteiger partial charge in [-0.25, -0.2) is 0 Å². The molecule has 0 aliphatic rings. The molecule has 7 heteroatoms. The summed E-state index contributed by atoms with van der Waals surface area (Å²) in [6.07, 6.45) is -0.928. The molecule has 0 fully saturated rings. The number of carbonyl (C=O) groups excluding carboxylic acids is 3. The van der Waals surface area contributed by atoms with Gasteiger partial charge in [0.1, 0.15) is 0 Å². The molecule has 0 unspecified atom stereocenters. The molecule has 1 aromatic rings. The minimum Gasteiger partial charge on any atom is -0.453 e. The number of esters is 1. The minimum absolute atomic E-state index is 0.0310. The summed E-state index contributed by atoms with van der Waals surface area (Å²) < 4.78 is 5.55. The maximum Gasteiger partial charge on any atom is 0.307 e. The Labute approximate surface area is 139 Å². The van der Waals surface area contributed by atoms with Crippen LogP contribution in [0.15, 0.2) is 12.1 Å². The maximum absolute atomic E-state index is 11.8. The highest BCUT2D eigenvalue weighted by atomic mass is 35.5. The van der Waals surface area contributed by atoms with Gasteiger partial charge in [0.25, 0.3) is 5.91 Å². The van der Waals surface area contributed by atoms with Crippen LogP contribution in [-0.2, 0) is 14.3 Å². The predicted octanol–water partition coefficient (Wildman–Crippen LogP) is 3.21. The second kappa shape index (κ2) is 7.74. The lowest BCUT2D eigenvalue weighted by Crippen LogP contribution is -2.46.